The van der Waals surface area contributed by atoms with Crippen LogP contribution in [-0.2, 0) is 0 Å². The minimum absolute atomic E-state index is 0.644. The summed E-state index contributed by atoms with van der Waals surface area (Å²) in [6, 6.07) is 52.1. The summed E-state index contributed by atoms with van der Waals surface area (Å²) in [7, 11) is 0. The van der Waals surface area contributed by atoms with Crippen molar-refractivity contribution in [2.75, 3.05) is 0 Å². The van der Waals surface area contributed by atoms with Crippen LogP contribution in [0.2, 0.25) is 0 Å². The first-order chi connectivity index (χ1) is 22.7. The van der Waals surface area contributed by atoms with Gasteiger partial charge >= 0.3 is 0 Å². The number of rotatable bonds is 6. The molecule has 0 atom stereocenters. The molecule has 0 aliphatic heterocycles. The van der Waals surface area contributed by atoms with Crippen LogP contribution in [0.4, 0.5) is 0 Å². The van der Waals surface area contributed by atoms with Crippen molar-refractivity contribution < 1.29 is 0 Å². The fourth-order valence-electron chi connectivity index (χ4n) is 5.90. The molecule has 0 bridgehead atoms. The molecule has 0 N–H and O–H groups in total. The summed E-state index contributed by atoms with van der Waals surface area (Å²) < 4.78 is 1.20. The number of thiazole rings is 1. The lowest BCUT2D eigenvalue weighted by molar-refractivity contribution is 1.07. The summed E-state index contributed by atoms with van der Waals surface area (Å²) >= 11 is 1.73. The van der Waals surface area contributed by atoms with E-state index < -0.39 is 0 Å². The zero-order valence-corrected chi connectivity index (χ0v) is 25.9. The topological polar surface area (TPSA) is 51.6 Å². The molecule has 0 aliphatic carbocycles. The van der Waals surface area contributed by atoms with Crippen LogP contribution in [0.1, 0.15) is 5.56 Å². The van der Waals surface area contributed by atoms with Crippen LogP contribution in [0.25, 0.3) is 77.2 Å². The fraction of sp³-hybridized carbons (Fsp3) is 0.0244. The monoisotopic (exact) mass is 608 g/mol. The Hall–Kier alpha value is -5.78. The van der Waals surface area contributed by atoms with E-state index in [1.807, 2.05) is 72.8 Å². The van der Waals surface area contributed by atoms with E-state index in [0.29, 0.717) is 17.5 Å². The van der Waals surface area contributed by atoms with Gasteiger partial charge in [0, 0.05) is 22.3 Å². The third kappa shape index (κ3) is 5.27. The Balaban J connectivity index is 1.24. The maximum absolute atomic E-state index is 5.03. The minimum atomic E-state index is 0.644. The molecule has 218 valence electrons. The second kappa shape index (κ2) is 12.0. The Morgan fingerprint density at radius 3 is 1.63 bits per heavy atom. The van der Waals surface area contributed by atoms with E-state index >= 15 is 0 Å². The molecule has 0 fully saturated rings. The highest BCUT2D eigenvalue weighted by Gasteiger charge is 2.18. The molecule has 2 aromatic heterocycles. The van der Waals surface area contributed by atoms with E-state index in [2.05, 4.69) is 85.8 Å². The van der Waals surface area contributed by atoms with Crippen LogP contribution in [0, 0.1) is 6.92 Å². The molecule has 0 unspecified atom stereocenters. The molecular weight excluding hydrogens is 581 g/mol. The Bertz CT molecular complexity index is 2240. The van der Waals surface area contributed by atoms with Crippen molar-refractivity contribution in [2.45, 2.75) is 6.92 Å². The first-order valence-corrected chi connectivity index (χ1v) is 16.1. The summed E-state index contributed by atoms with van der Waals surface area (Å²) in [5.74, 6) is 1.94. The molecule has 2 heterocycles. The van der Waals surface area contributed by atoms with Crippen LogP contribution in [0.15, 0.2) is 152 Å². The van der Waals surface area contributed by atoms with Gasteiger partial charge in [0.1, 0.15) is 5.01 Å². The number of aromatic nitrogens is 4. The molecule has 6 aromatic carbocycles. The predicted molar refractivity (Wildman–Crippen MR) is 190 cm³/mol. The van der Waals surface area contributed by atoms with Crippen molar-refractivity contribution in [3.05, 3.63) is 157 Å². The van der Waals surface area contributed by atoms with Crippen molar-refractivity contribution in [1.29, 1.82) is 0 Å². The van der Waals surface area contributed by atoms with Crippen molar-refractivity contribution in [1.82, 2.24) is 19.9 Å². The number of benzene rings is 6. The second-order valence-corrected chi connectivity index (χ2v) is 12.2. The van der Waals surface area contributed by atoms with Crippen molar-refractivity contribution in [2.24, 2.45) is 0 Å². The number of hydrogen-bond donors (Lipinski definition) is 0. The SMILES string of the molecule is Cc1c(-c2cccc(-c3nc4ccccc4s3)c2)cccc1-c1ccccc1-c1nc(-c2ccccc2)nc(-c2ccccc2)n1. The van der Waals surface area contributed by atoms with Gasteiger partial charge in [-0.2, -0.15) is 0 Å². The van der Waals surface area contributed by atoms with Crippen LogP contribution >= 0.6 is 11.3 Å². The van der Waals surface area contributed by atoms with Gasteiger partial charge in [0.2, 0.25) is 0 Å². The smallest absolute Gasteiger partial charge is 0.164 e. The summed E-state index contributed by atoms with van der Waals surface area (Å²) in [5.41, 5.74) is 10.8. The van der Waals surface area contributed by atoms with E-state index in [9.17, 15) is 0 Å². The highest BCUT2D eigenvalue weighted by Crippen LogP contribution is 2.39. The van der Waals surface area contributed by atoms with Crippen molar-refractivity contribution in [3.8, 4) is 67.0 Å². The molecule has 0 aliphatic rings. The molecule has 0 saturated carbocycles. The van der Waals surface area contributed by atoms with Gasteiger partial charge in [-0.15, -0.1) is 11.3 Å². The quantitative estimate of drug-likeness (QED) is 0.188. The van der Waals surface area contributed by atoms with Gasteiger partial charge in [0.15, 0.2) is 17.5 Å². The van der Waals surface area contributed by atoms with E-state index in [0.717, 1.165) is 49.5 Å². The van der Waals surface area contributed by atoms with E-state index in [4.69, 9.17) is 19.9 Å². The molecule has 5 heteroatoms. The molecule has 4 nitrogen and oxygen atoms in total. The highest BCUT2D eigenvalue weighted by molar-refractivity contribution is 7.21. The minimum Gasteiger partial charge on any atom is -0.236 e. The standard InChI is InChI=1S/C41H28N4S/c1-27-32(30-18-12-19-31(26-30)41-42-36-24-10-11-25-37(36)46-41)22-13-23-33(27)34-20-8-9-21-35(34)40-44-38(28-14-4-2-5-15-28)43-39(45-40)29-16-6-3-7-17-29/h2-26H,1H3. The Morgan fingerprint density at radius 2 is 0.913 bits per heavy atom. The lowest BCUT2D eigenvalue weighted by Gasteiger charge is -2.16. The number of hydrogen-bond acceptors (Lipinski definition) is 5. The van der Waals surface area contributed by atoms with Crippen LogP contribution in [-0.4, -0.2) is 19.9 Å². The third-order valence-corrected chi connectivity index (χ3v) is 9.29. The summed E-state index contributed by atoms with van der Waals surface area (Å²) in [5, 5.41) is 1.03. The number of fused-ring (bicyclic) bond motifs is 1. The van der Waals surface area contributed by atoms with Gasteiger partial charge in [-0.1, -0.05) is 133 Å². The van der Waals surface area contributed by atoms with Crippen LogP contribution < -0.4 is 0 Å². The normalized spacial score (nSPS) is 11.2. The second-order valence-electron chi connectivity index (χ2n) is 11.1. The fourth-order valence-corrected chi connectivity index (χ4v) is 6.86. The van der Waals surface area contributed by atoms with Gasteiger partial charge in [0.05, 0.1) is 10.2 Å². The average molecular weight is 609 g/mol. The van der Waals surface area contributed by atoms with Crippen molar-refractivity contribution in [3.63, 3.8) is 0 Å². The zero-order valence-electron chi connectivity index (χ0n) is 25.1. The maximum atomic E-state index is 5.03. The van der Waals surface area contributed by atoms with Gasteiger partial charge in [-0.3, -0.25) is 0 Å². The number of para-hydroxylation sites is 1. The van der Waals surface area contributed by atoms with E-state index in [1.165, 1.54) is 15.8 Å². The molecule has 8 rings (SSSR count). The van der Waals surface area contributed by atoms with Crippen LogP contribution in [0.3, 0.4) is 0 Å². The molecule has 0 spiro atoms. The summed E-state index contributed by atoms with van der Waals surface area (Å²) in [6.07, 6.45) is 0. The molecular formula is C41H28N4S. The van der Waals surface area contributed by atoms with Crippen LogP contribution in [0.5, 0.6) is 0 Å². The molecule has 0 amide bonds. The molecule has 8 aromatic rings. The van der Waals surface area contributed by atoms with Gasteiger partial charge in [-0.05, 0) is 52.9 Å². The number of nitrogens with zero attached hydrogens (tertiary/aromatic N) is 4. The van der Waals surface area contributed by atoms with Gasteiger partial charge in [-0.25, -0.2) is 19.9 Å². The highest BCUT2D eigenvalue weighted by atomic mass is 32.1. The molecule has 46 heavy (non-hydrogen) atoms. The lowest BCUT2D eigenvalue weighted by atomic mass is 9.90. The molecule has 0 radical (unpaired) electrons. The summed E-state index contributed by atoms with van der Waals surface area (Å²) in [4.78, 5) is 19.9. The first-order valence-electron chi connectivity index (χ1n) is 15.2. The van der Waals surface area contributed by atoms with E-state index in [-0.39, 0.29) is 0 Å². The Kier molecular flexibility index (Phi) is 7.21. The van der Waals surface area contributed by atoms with Gasteiger partial charge in [0.25, 0.3) is 0 Å². The Morgan fingerprint density at radius 1 is 0.391 bits per heavy atom. The largest absolute Gasteiger partial charge is 0.236 e. The predicted octanol–water partition coefficient (Wildman–Crippen LogP) is 10.8. The van der Waals surface area contributed by atoms with Gasteiger partial charge < -0.3 is 0 Å². The molecule has 0 saturated heterocycles. The summed E-state index contributed by atoms with van der Waals surface area (Å²) in [6.45, 7) is 2.20. The van der Waals surface area contributed by atoms with Crippen molar-refractivity contribution >= 4 is 21.6 Å². The lowest BCUT2D eigenvalue weighted by Crippen LogP contribution is -2.01. The first kappa shape index (κ1) is 27.7. The van der Waals surface area contributed by atoms with E-state index in [1.54, 1.807) is 11.3 Å². The average Bonchev–Trinajstić information content (AvgIpc) is 3.57. The maximum Gasteiger partial charge on any atom is 0.164 e. The third-order valence-electron chi connectivity index (χ3n) is 8.21. The Labute approximate surface area is 271 Å². The zero-order chi connectivity index (χ0) is 30.9.